The lowest BCUT2D eigenvalue weighted by Gasteiger charge is -2.31. The molecule has 1 amide bonds. The molecular formula is C16H25N3O4. The summed E-state index contributed by atoms with van der Waals surface area (Å²) in [5.74, 6) is 2.11. The molecule has 2 fully saturated rings. The lowest BCUT2D eigenvalue weighted by Crippen LogP contribution is -2.40. The number of carbonyl (C=O) groups is 1. The summed E-state index contributed by atoms with van der Waals surface area (Å²) in [5.41, 5.74) is 0. The number of carbonyl (C=O) groups excluding carboxylic acids is 1. The zero-order chi connectivity index (χ0) is 16.1. The highest BCUT2D eigenvalue weighted by Crippen LogP contribution is 2.33. The van der Waals surface area contributed by atoms with Crippen molar-refractivity contribution < 1.29 is 18.8 Å². The highest BCUT2D eigenvalue weighted by atomic mass is 16.5. The Morgan fingerprint density at radius 2 is 2.09 bits per heavy atom. The first-order chi connectivity index (χ1) is 11.2. The van der Waals surface area contributed by atoms with Crippen molar-refractivity contribution in [1.29, 1.82) is 0 Å². The maximum atomic E-state index is 12.1. The lowest BCUT2D eigenvalue weighted by molar-refractivity contribution is -0.134. The summed E-state index contributed by atoms with van der Waals surface area (Å²) in [6.07, 6.45) is 5.74. The number of nitrogens with zero attached hydrogens (tertiary/aromatic N) is 3. The minimum atomic E-state index is 0.161. The standard InChI is InChI=1S/C16H25N3O4/c1-21-9-6-14-17-15(23-18-14)11-22-13-4-7-19(8-5-13)16(20)10-12-2-3-12/h12-13H,2-11H2,1H3. The molecule has 2 aliphatic rings. The van der Waals surface area contributed by atoms with Gasteiger partial charge in [-0.25, -0.2) is 0 Å². The Kier molecular flexibility index (Phi) is 5.61. The first kappa shape index (κ1) is 16.4. The Morgan fingerprint density at radius 3 is 2.78 bits per heavy atom. The van der Waals surface area contributed by atoms with E-state index in [4.69, 9.17) is 14.0 Å². The Hall–Kier alpha value is -1.47. The van der Waals surface area contributed by atoms with Crippen LogP contribution in [0.4, 0.5) is 0 Å². The van der Waals surface area contributed by atoms with Crippen LogP contribution >= 0.6 is 0 Å². The van der Waals surface area contributed by atoms with Crippen LogP contribution in [0.2, 0.25) is 0 Å². The van der Waals surface area contributed by atoms with Crippen molar-refractivity contribution in [2.75, 3.05) is 26.8 Å². The van der Waals surface area contributed by atoms with Crippen LogP contribution in [0.5, 0.6) is 0 Å². The van der Waals surface area contributed by atoms with E-state index in [2.05, 4.69) is 10.1 Å². The average Bonchev–Trinajstić information content (AvgIpc) is 3.27. The molecule has 0 N–H and O–H groups in total. The third kappa shape index (κ3) is 5.00. The van der Waals surface area contributed by atoms with E-state index in [0.29, 0.717) is 43.2 Å². The van der Waals surface area contributed by atoms with Gasteiger partial charge in [0.1, 0.15) is 6.61 Å². The predicted octanol–water partition coefficient (Wildman–Crippen LogP) is 1.57. The van der Waals surface area contributed by atoms with Crippen LogP contribution in [-0.4, -0.2) is 53.9 Å². The van der Waals surface area contributed by atoms with Crippen molar-refractivity contribution in [2.45, 2.75) is 51.2 Å². The van der Waals surface area contributed by atoms with Gasteiger partial charge >= 0.3 is 0 Å². The van der Waals surface area contributed by atoms with Gasteiger partial charge in [0.25, 0.3) is 5.89 Å². The second kappa shape index (κ2) is 7.88. The van der Waals surface area contributed by atoms with E-state index < -0.39 is 0 Å². The molecule has 1 saturated carbocycles. The molecule has 1 aromatic heterocycles. The second-order valence-electron chi connectivity index (χ2n) is 6.39. The van der Waals surface area contributed by atoms with E-state index in [1.54, 1.807) is 7.11 Å². The van der Waals surface area contributed by atoms with Gasteiger partial charge in [0.15, 0.2) is 5.82 Å². The van der Waals surface area contributed by atoms with Gasteiger partial charge < -0.3 is 18.9 Å². The van der Waals surface area contributed by atoms with Gasteiger partial charge in [0.05, 0.1) is 12.7 Å². The number of likely N-dealkylation sites (tertiary alicyclic amines) is 1. The number of piperidine rings is 1. The fourth-order valence-electron chi connectivity index (χ4n) is 2.80. The van der Waals surface area contributed by atoms with E-state index in [1.807, 2.05) is 4.90 Å². The van der Waals surface area contributed by atoms with Crippen LogP contribution < -0.4 is 0 Å². The number of methoxy groups -OCH3 is 1. The van der Waals surface area contributed by atoms with Crippen molar-refractivity contribution in [2.24, 2.45) is 5.92 Å². The maximum absolute atomic E-state index is 12.1. The minimum Gasteiger partial charge on any atom is -0.384 e. The molecule has 0 unspecified atom stereocenters. The molecule has 23 heavy (non-hydrogen) atoms. The van der Waals surface area contributed by atoms with Gasteiger partial charge in [0.2, 0.25) is 5.91 Å². The van der Waals surface area contributed by atoms with Crippen LogP contribution in [0.1, 0.15) is 43.8 Å². The summed E-state index contributed by atoms with van der Waals surface area (Å²) in [6.45, 7) is 2.49. The van der Waals surface area contributed by atoms with Crippen LogP contribution in [-0.2, 0) is 27.3 Å². The van der Waals surface area contributed by atoms with Gasteiger partial charge in [-0.2, -0.15) is 4.98 Å². The van der Waals surface area contributed by atoms with Gasteiger partial charge in [-0.05, 0) is 31.6 Å². The molecule has 0 aromatic carbocycles. The number of rotatable bonds is 8. The Morgan fingerprint density at radius 1 is 1.30 bits per heavy atom. The smallest absolute Gasteiger partial charge is 0.252 e. The number of ether oxygens (including phenoxy) is 2. The van der Waals surface area contributed by atoms with Crippen molar-refractivity contribution in [3.8, 4) is 0 Å². The number of hydrogen-bond donors (Lipinski definition) is 0. The van der Waals surface area contributed by atoms with E-state index in [9.17, 15) is 4.79 Å². The van der Waals surface area contributed by atoms with E-state index >= 15 is 0 Å². The van der Waals surface area contributed by atoms with Crippen molar-refractivity contribution in [3.63, 3.8) is 0 Å². The molecule has 2 heterocycles. The summed E-state index contributed by atoms with van der Waals surface area (Å²) in [4.78, 5) is 18.3. The molecule has 0 spiro atoms. The Bertz CT molecular complexity index is 507. The zero-order valence-corrected chi connectivity index (χ0v) is 13.7. The van der Waals surface area contributed by atoms with Gasteiger partial charge in [-0.3, -0.25) is 4.79 Å². The molecule has 1 aliphatic heterocycles. The highest BCUT2D eigenvalue weighted by Gasteiger charge is 2.29. The van der Waals surface area contributed by atoms with Crippen molar-refractivity contribution in [1.82, 2.24) is 15.0 Å². The number of hydrogen-bond acceptors (Lipinski definition) is 6. The molecule has 7 nitrogen and oxygen atoms in total. The van der Waals surface area contributed by atoms with Crippen LogP contribution in [0.3, 0.4) is 0 Å². The largest absolute Gasteiger partial charge is 0.384 e. The lowest BCUT2D eigenvalue weighted by atomic mass is 10.1. The van der Waals surface area contributed by atoms with Gasteiger partial charge in [0, 0.05) is 33.0 Å². The van der Waals surface area contributed by atoms with E-state index in [-0.39, 0.29) is 6.10 Å². The maximum Gasteiger partial charge on any atom is 0.252 e. The molecule has 7 heteroatoms. The van der Waals surface area contributed by atoms with Crippen molar-refractivity contribution in [3.05, 3.63) is 11.7 Å². The second-order valence-corrected chi connectivity index (χ2v) is 6.39. The SMILES string of the molecule is COCCc1noc(COC2CCN(C(=O)CC3CC3)CC2)n1. The first-order valence-corrected chi connectivity index (χ1v) is 8.44. The van der Waals surface area contributed by atoms with Crippen LogP contribution in [0.25, 0.3) is 0 Å². The minimum absolute atomic E-state index is 0.161. The highest BCUT2D eigenvalue weighted by molar-refractivity contribution is 5.76. The fourth-order valence-corrected chi connectivity index (χ4v) is 2.80. The van der Waals surface area contributed by atoms with Gasteiger partial charge in [-0.15, -0.1) is 0 Å². The van der Waals surface area contributed by atoms with Crippen LogP contribution in [0.15, 0.2) is 4.52 Å². The topological polar surface area (TPSA) is 77.7 Å². The summed E-state index contributed by atoms with van der Waals surface area (Å²) in [6, 6.07) is 0. The van der Waals surface area contributed by atoms with Crippen LogP contribution in [0, 0.1) is 5.92 Å². The van der Waals surface area contributed by atoms with Gasteiger partial charge in [-0.1, -0.05) is 5.16 Å². The quantitative estimate of drug-likeness (QED) is 0.722. The normalized spacial score (nSPS) is 19.3. The number of amides is 1. The molecule has 1 saturated heterocycles. The first-order valence-electron chi connectivity index (χ1n) is 8.44. The monoisotopic (exact) mass is 323 g/mol. The third-order valence-electron chi connectivity index (χ3n) is 4.44. The number of aromatic nitrogens is 2. The Balaban J connectivity index is 1.35. The van der Waals surface area contributed by atoms with E-state index in [1.165, 1.54) is 12.8 Å². The molecular weight excluding hydrogens is 298 g/mol. The third-order valence-corrected chi connectivity index (χ3v) is 4.44. The summed E-state index contributed by atoms with van der Waals surface area (Å²) in [7, 11) is 1.64. The molecule has 128 valence electrons. The predicted molar refractivity (Wildman–Crippen MR) is 81.6 cm³/mol. The Labute approximate surface area is 136 Å². The molecule has 1 aromatic rings. The zero-order valence-electron chi connectivity index (χ0n) is 13.7. The summed E-state index contributed by atoms with van der Waals surface area (Å²) in [5, 5.41) is 3.89. The van der Waals surface area contributed by atoms with E-state index in [0.717, 1.165) is 32.4 Å². The summed E-state index contributed by atoms with van der Waals surface area (Å²) >= 11 is 0. The molecule has 3 rings (SSSR count). The summed E-state index contributed by atoms with van der Waals surface area (Å²) < 4.78 is 16.0. The average molecular weight is 323 g/mol. The fraction of sp³-hybridized carbons (Fsp3) is 0.812. The van der Waals surface area contributed by atoms with Crippen molar-refractivity contribution >= 4 is 5.91 Å². The molecule has 0 radical (unpaired) electrons. The molecule has 0 atom stereocenters. The molecule has 0 bridgehead atoms. The molecule has 1 aliphatic carbocycles.